The first-order valence-electron chi connectivity index (χ1n) is 10.7. The highest BCUT2D eigenvalue weighted by atomic mass is 16.6. The van der Waals surface area contributed by atoms with Crippen LogP contribution < -0.4 is 4.90 Å². The maximum atomic E-state index is 11.7. The molecule has 6 rings (SSSR count). The highest BCUT2D eigenvalue weighted by molar-refractivity contribution is 5.72. The summed E-state index contributed by atoms with van der Waals surface area (Å²) in [5.41, 5.74) is 4.37. The summed E-state index contributed by atoms with van der Waals surface area (Å²) in [5.74, 6) is 0.846. The molecule has 0 fully saturated rings. The van der Waals surface area contributed by atoms with Gasteiger partial charge in [-0.1, -0.05) is 36.4 Å². The Kier molecular flexibility index (Phi) is 3.84. The van der Waals surface area contributed by atoms with E-state index in [-0.39, 0.29) is 45.0 Å². The molecule has 2 aromatic rings. The van der Waals surface area contributed by atoms with Crippen LogP contribution in [0.1, 0.15) is 47.4 Å². The molecule has 4 aliphatic rings. The molecule has 0 amide bonds. The minimum Gasteiger partial charge on any atom is -0.363 e. The summed E-state index contributed by atoms with van der Waals surface area (Å²) in [6, 6.07) is 10.5. The highest BCUT2D eigenvalue weighted by Crippen LogP contribution is 2.59. The molecule has 7 heteroatoms. The van der Waals surface area contributed by atoms with Crippen molar-refractivity contribution in [3.05, 3.63) is 97.6 Å². The van der Waals surface area contributed by atoms with Gasteiger partial charge in [-0.2, -0.15) is 0 Å². The van der Waals surface area contributed by atoms with Crippen LogP contribution in [0.3, 0.4) is 0 Å². The van der Waals surface area contributed by atoms with Gasteiger partial charge in [0.05, 0.1) is 15.9 Å². The van der Waals surface area contributed by atoms with Gasteiger partial charge in [-0.3, -0.25) is 20.2 Å². The second kappa shape index (κ2) is 6.51. The minimum atomic E-state index is -0.341. The fraction of sp³-hybridized carbons (Fsp3) is 0.333. The summed E-state index contributed by atoms with van der Waals surface area (Å²) < 4.78 is 0. The quantitative estimate of drug-likeness (QED) is 0.380. The van der Waals surface area contributed by atoms with E-state index in [4.69, 9.17) is 0 Å². The van der Waals surface area contributed by atoms with Crippen molar-refractivity contribution in [3.8, 4) is 0 Å². The zero-order valence-electron chi connectivity index (χ0n) is 16.8. The molecular weight excluding hydrogens is 394 g/mol. The second-order valence-corrected chi connectivity index (χ2v) is 8.98. The molecule has 0 saturated carbocycles. The van der Waals surface area contributed by atoms with Crippen LogP contribution in [-0.2, 0) is 0 Å². The van der Waals surface area contributed by atoms with E-state index in [9.17, 15) is 20.2 Å². The number of non-ortho nitro benzene ring substituents is 2. The van der Waals surface area contributed by atoms with Crippen LogP contribution in [0.2, 0.25) is 0 Å². The largest absolute Gasteiger partial charge is 0.363 e. The number of hydrogen-bond acceptors (Lipinski definition) is 5. The number of nitro benzene ring substituents is 2. The van der Waals surface area contributed by atoms with Crippen molar-refractivity contribution in [2.24, 2.45) is 11.8 Å². The SMILES string of the molecule is O=[N+]([O-])c1cccc([C@@H]2[C@@H]3CC=C[C@@H]3c3cc([N+](=O)[O-])cc4c3N2C[C@H]2CC=C[C@H]42)c1. The van der Waals surface area contributed by atoms with E-state index < -0.39 is 0 Å². The average molecular weight is 415 g/mol. The van der Waals surface area contributed by atoms with Gasteiger partial charge in [0.25, 0.3) is 11.4 Å². The van der Waals surface area contributed by atoms with Crippen LogP contribution in [0.25, 0.3) is 0 Å². The van der Waals surface area contributed by atoms with Crippen molar-refractivity contribution >= 4 is 17.1 Å². The normalized spacial score (nSPS) is 29.4. The molecule has 156 valence electrons. The summed E-state index contributed by atoms with van der Waals surface area (Å²) in [6.45, 7) is 0.853. The van der Waals surface area contributed by atoms with Crippen LogP contribution in [-0.4, -0.2) is 16.4 Å². The standard InChI is InChI=1S/C24H21N3O4/c28-26(29)16-6-1-4-14(10-16)23-20-9-3-8-19(20)22-12-17(27(30)31)11-21-18-7-2-5-15(18)13-25(23)24(21)22/h1-4,6-8,10-12,15,18-20,23H,5,9,13H2/t15-,18+,19+,20-,23-/m1/s1. The molecule has 0 aromatic heterocycles. The zero-order chi connectivity index (χ0) is 21.3. The Balaban J connectivity index is 1.58. The fourth-order valence-corrected chi connectivity index (χ4v) is 6.27. The molecule has 0 spiro atoms. The average Bonchev–Trinajstić information content (AvgIpc) is 3.43. The van der Waals surface area contributed by atoms with Crippen molar-refractivity contribution in [3.63, 3.8) is 0 Å². The van der Waals surface area contributed by atoms with Gasteiger partial charge in [-0.15, -0.1) is 0 Å². The van der Waals surface area contributed by atoms with Crippen LogP contribution in [0.15, 0.2) is 60.7 Å². The summed E-state index contributed by atoms with van der Waals surface area (Å²) in [4.78, 5) is 24.9. The molecule has 7 nitrogen and oxygen atoms in total. The predicted molar refractivity (Wildman–Crippen MR) is 116 cm³/mol. The van der Waals surface area contributed by atoms with Gasteiger partial charge < -0.3 is 4.90 Å². The van der Waals surface area contributed by atoms with Gasteiger partial charge in [0, 0.05) is 48.3 Å². The Bertz CT molecular complexity index is 1170. The molecule has 0 bridgehead atoms. The predicted octanol–water partition coefficient (Wildman–Crippen LogP) is 5.40. The van der Waals surface area contributed by atoms with Gasteiger partial charge in [-0.05, 0) is 41.4 Å². The van der Waals surface area contributed by atoms with Crippen molar-refractivity contribution < 1.29 is 9.85 Å². The lowest BCUT2D eigenvalue weighted by molar-refractivity contribution is -0.385. The molecular formula is C24H21N3O4. The third kappa shape index (κ3) is 2.59. The van der Waals surface area contributed by atoms with Gasteiger partial charge in [0.15, 0.2) is 0 Å². The van der Waals surface area contributed by atoms with E-state index in [2.05, 4.69) is 29.2 Å². The fourth-order valence-electron chi connectivity index (χ4n) is 6.27. The van der Waals surface area contributed by atoms with Crippen LogP contribution in [0.4, 0.5) is 17.1 Å². The Morgan fingerprint density at radius 2 is 1.58 bits per heavy atom. The van der Waals surface area contributed by atoms with Crippen molar-refractivity contribution in [2.45, 2.75) is 30.7 Å². The molecule has 2 aromatic carbocycles. The van der Waals surface area contributed by atoms with Crippen molar-refractivity contribution in [2.75, 3.05) is 11.4 Å². The van der Waals surface area contributed by atoms with Gasteiger partial charge in [0.1, 0.15) is 0 Å². The lowest BCUT2D eigenvalue weighted by Crippen LogP contribution is -2.46. The molecule has 0 radical (unpaired) electrons. The Hall–Kier alpha value is -3.48. The summed E-state index contributed by atoms with van der Waals surface area (Å²) >= 11 is 0. The highest BCUT2D eigenvalue weighted by Gasteiger charge is 2.48. The maximum absolute atomic E-state index is 11.7. The van der Waals surface area contributed by atoms with Crippen LogP contribution in [0.5, 0.6) is 0 Å². The van der Waals surface area contributed by atoms with Crippen LogP contribution >= 0.6 is 0 Å². The Morgan fingerprint density at radius 1 is 0.871 bits per heavy atom. The smallest absolute Gasteiger partial charge is 0.270 e. The van der Waals surface area contributed by atoms with Gasteiger partial charge >= 0.3 is 0 Å². The van der Waals surface area contributed by atoms with Gasteiger partial charge in [0.2, 0.25) is 0 Å². The zero-order valence-corrected chi connectivity index (χ0v) is 16.8. The monoisotopic (exact) mass is 415 g/mol. The minimum absolute atomic E-state index is 0.00848. The number of allylic oxidation sites excluding steroid dienone is 4. The number of anilines is 1. The number of nitro groups is 2. The third-order valence-electron chi connectivity index (χ3n) is 7.47. The number of fused-ring (bicyclic) bond motifs is 4. The maximum Gasteiger partial charge on any atom is 0.270 e. The lowest BCUT2D eigenvalue weighted by Gasteiger charge is -2.51. The molecule has 2 heterocycles. The first kappa shape index (κ1) is 18.3. The first-order valence-corrected chi connectivity index (χ1v) is 10.7. The number of rotatable bonds is 3. The third-order valence-corrected chi connectivity index (χ3v) is 7.47. The van der Waals surface area contributed by atoms with E-state index in [1.807, 2.05) is 6.07 Å². The summed E-state index contributed by atoms with van der Waals surface area (Å²) in [6.07, 6.45) is 10.5. The van der Waals surface area contributed by atoms with E-state index in [1.165, 1.54) is 6.07 Å². The molecule has 2 aliphatic heterocycles. The molecule has 0 unspecified atom stereocenters. The lowest BCUT2D eigenvalue weighted by atomic mass is 9.70. The summed E-state index contributed by atoms with van der Waals surface area (Å²) in [5, 5.41) is 23.2. The molecule has 0 N–H and O–H groups in total. The number of benzene rings is 2. The van der Waals surface area contributed by atoms with Gasteiger partial charge in [-0.25, -0.2) is 0 Å². The topological polar surface area (TPSA) is 89.5 Å². The Morgan fingerprint density at radius 3 is 2.35 bits per heavy atom. The number of hydrogen-bond donors (Lipinski definition) is 0. The molecule has 0 saturated heterocycles. The second-order valence-electron chi connectivity index (χ2n) is 8.98. The Labute approximate surface area is 179 Å². The summed E-state index contributed by atoms with van der Waals surface area (Å²) in [7, 11) is 0. The molecule has 31 heavy (non-hydrogen) atoms. The first-order chi connectivity index (χ1) is 15.0. The van der Waals surface area contributed by atoms with E-state index in [0.29, 0.717) is 5.92 Å². The van der Waals surface area contributed by atoms with Crippen LogP contribution in [0, 0.1) is 32.1 Å². The number of nitrogens with zero attached hydrogens (tertiary/aromatic N) is 3. The van der Waals surface area contributed by atoms with E-state index in [0.717, 1.165) is 41.8 Å². The van der Waals surface area contributed by atoms with E-state index >= 15 is 0 Å². The van der Waals surface area contributed by atoms with Crippen molar-refractivity contribution in [1.29, 1.82) is 0 Å². The van der Waals surface area contributed by atoms with Crippen molar-refractivity contribution in [1.82, 2.24) is 0 Å². The molecule has 5 atom stereocenters. The van der Waals surface area contributed by atoms with E-state index in [1.54, 1.807) is 24.3 Å². The molecule has 2 aliphatic carbocycles.